The number of anilines is 2. The monoisotopic (exact) mass is 814 g/mol. The maximum absolute atomic E-state index is 14.2. The first-order valence-corrected chi connectivity index (χ1v) is 18.9. The van der Waals surface area contributed by atoms with E-state index in [1.807, 2.05) is 48.5 Å². The minimum atomic E-state index is -0.835. The van der Waals surface area contributed by atoms with Gasteiger partial charge in [-0.25, -0.2) is 18.8 Å². The number of nitro groups is 1. The van der Waals surface area contributed by atoms with E-state index in [2.05, 4.69) is 38.6 Å². The lowest BCUT2D eigenvalue weighted by Crippen LogP contribution is -2.49. The van der Waals surface area contributed by atoms with Crippen LogP contribution >= 0.6 is 0 Å². The van der Waals surface area contributed by atoms with Crippen molar-refractivity contribution >= 4 is 35.3 Å². The van der Waals surface area contributed by atoms with Gasteiger partial charge in [0, 0.05) is 80.2 Å². The number of rotatable bonds is 7. The van der Waals surface area contributed by atoms with Gasteiger partial charge in [-0.05, 0) is 89.9 Å². The summed E-state index contributed by atoms with van der Waals surface area (Å²) in [5.74, 6) is -1.35. The van der Waals surface area contributed by atoms with E-state index in [1.165, 1.54) is 12.1 Å². The van der Waals surface area contributed by atoms with Gasteiger partial charge in [0.25, 0.3) is 0 Å². The summed E-state index contributed by atoms with van der Waals surface area (Å²) in [4.78, 5) is 58.2. The van der Waals surface area contributed by atoms with E-state index in [0.29, 0.717) is 76.7 Å². The molecular formula is C41H58F2N8O7. The molecule has 0 aliphatic carbocycles. The summed E-state index contributed by atoms with van der Waals surface area (Å²) in [5, 5.41) is 16.0. The standard InChI is InChI=1S/C23H30FN5O3.C16H22FN3O4.C2H4.H2/c1-16-5-7-18(14-25-16)26-21(30)27-20-13-17(6-8-19(20)24)15-28-9-11-29(12-10-28)22(31)32-23(2,3)4;1-16(2,3)24-15(21)19-8-6-18(7-9-19)11-12-4-5-13(17)14(10-12)20(22)23;1-2;/h5-8,13-14H,9-12,15H2,1-4H3,(H2,26,27,30);4-5,10H,6-9,11H2,1-3H3;1-2H2;1H/i;;;1+1D. The number of hydrogen-bond donors (Lipinski definition) is 2. The highest BCUT2D eigenvalue weighted by molar-refractivity contribution is 5.99. The van der Waals surface area contributed by atoms with Crippen LogP contribution in [0.1, 0.15) is 61.3 Å². The number of amides is 4. The van der Waals surface area contributed by atoms with E-state index in [9.17, 15) is 33.3 Å². The van der Waals surface area contributed by atoms with Crippen molar-refractivity contribution in [3.8, 4) is 0 Å². The second kappa shape index (κ2) is 21.2. The number of urea groups is 1. The van der Waals surface area contributed by atoms with E-state index in [-0.39, 0.29) is 17.9 Å². The number of aryl methyl sites for hydroxylation is 1. The minimum absolute atomic E-state index is 0.104. The molecule has 2 fully saturated rings. The van der Waals surface area contributed by atoms with Crippen LogP contribution in [0.2, 0.25) is 0 Å². The lowest BCUT2D eigenvalue weighted by molar-refractivity contribution is -0.387. The number of nitrogens with one attached hydrogen (secondary N) is 2. The van der Waals surface area contributed by atoms with Crippen LogP contribution in [0.3, 0.4) is 0 Å². The molecule has 2 aliphatic rings. The molecule has 2 aromatic carbocycles. The van der Waals surface area contributed by atoms with Crippen LogP contribution in [-0.4, -0.2) is 111 Å². The Hall–Kier alpha value is -5.68. The van der Waals surface area contributed by atoms with E-state index in [1.54, 1.807) is 46.3 Å². The third-order valence-corrected chi connectivity index (χ3v) is 8.52. The molecule has 0 bridgehead atoms. The molecule has 2 aliphatic heterocycles. The smallest absolute Gasteiger partial charge is 0.410 e. The predicted molar refractivity (Wildman–Crippen MR) is 221 cm³/mol. The fraction of sp³-hybridized carbons (Fsp3) is 0.463. The summed E-state index contributed by atoms with van der Waals surface area (Å²) in [6, 6.07) is 11.5. The van der Waals surface area contributed by atoms with Gasteiger partial charge in [0.2, 0.25) is 5.82 Å². The van der Waals surface area contributed by atoms with E-state index in [0.717, 1.165) is 17.3 Å². The highest BCUT2D eigenvalue weighted by atomic mass is 19.1. The van der Waals surface area contributed by atoms with Gasteiger partial charge in [-0.1, -0.05) is 12.1 Å². The fourth-order valence-electron chi connectivity index (χ4n) is 5.74. The minimum Gasteiger partial charge on any atom is -0.444 e. The Morgan fingerprint density at radius 2 is 1.24 bits per heavy atom. The Labute approximate surface area is 342 Å². The fourth-order valence-corrected chi connectivity index (χ4v) is 5.74. The maximum Gasteiger partial charge on any atom is 0.410 e. The molecule has 3 aromatic rings. The Kier molecular flexibility index (Phi) is 16.4. The zero-order valence-corrected chi connectivity index (χ0v) is 34.5. The quantitative estimate of drug-likeness (QED) is 0.136. The number of nitrogens with zero attached hydrogens (tertiary/aromatic N) is 6. The molecule has 0 saturated carbocycles. The Morgan fingerprint density at radius 1 is 0.776 bits per heavy atom. The summed E-state index contributed by atoms with van der Waals surface area (Å²) < 4.78 is 48.4. The number of aromatic nitrogens is 1. The van der Waals surface area contributed by atoms with Crippen LogP contribution in [0, 0.1) is 28.7 Å². The van der Waals surface area contributed by atoms with Gasteiger partial charge in [0.05, 0.1) is 22.5 Å². The molecule has 0 radical (unpaired) electrons. The van der Waals surface area contributed by atoms with Crippen molar-refractivity contribution in [2.24, 2.45) is 0 Å². The molecule has 318 valence electrons. The number of ether oxygens (including phenoxy) is 2. The zero-order chi connectivity index (χ0) is 45.2. The molecule has 17 heteroatoms. The number of carbonyl (C=O) groups excluding carboxylic acids is 3. The molecule has 2 saturated heterocycles. The number of nitro benzene ring substituents is 1. The Morgan fingerprint density at radius 3 is 1.67 bits per heavy atom. The molecule has 4 amide bonds. The van der Waals surface area contributed by atoms with Crippen LogP contribution in [0.15, 0.2) is 67.9 Å². The second-order valence-electron chi connectivity index (χ2n) is 15.6. The molecule has 1 aromatic heterocycles. The topological polar surface area (TPSA) is 163 Å². The molecule has 3 heterocycles. The summed E-state index contributed by atoms with van der Waals surface area (Å²) in [5.41, 5.74) is 1.44. The molecule has 0 atom stereocenters. The lowest BCUT2D eigenvalue weighted by Gasteiger charge is -2.35. The van der Waals surface area contributed by atoms with Gasteiger partial charge in [-0.15, -0.1) is 13.2 Å². The number of carbonyl (C=O) groups is 3. The molecule has 5 rings (SSSR count). The van der Waals surface area contributed by atoms with Gasteiger partial charge < -0.3 is 29.9 Å². The van der Waals surface area contributed by atoms with Crippen molar-refractivity contribution in [1.29, 1.82) is 0 Å². The third kappa shape index (κ3) is 15.7. The van der Waals surface area contributed by atoms with Gasteiger partial charge in [-0.3, -0.25) is 24.9 Å². The van der Waals surface area contributed by atoms with Gasteiger partial charge in [0.1, 0.15) is 17.0 Å². The molecule has 58 heavy (non-hydrogen) atoms. The number of benzene rings is 2. The SMILES string of the molecule is C=C.CC(C)(C)OC(=O)N1CCN(Cc2ccc(F)c([N+](=O)[O-])c2)CC1.Cc1ccc(NC(=O)Nc2cc(CN3CCN(C(=O)OC(C)(C)C)CC3)ccc2F)cn1.[2H][2H]. The normalized spacial score (nSPS) is 15.0. The average Bonchev–Trinajstić information content (AvgIpc) is 3.19. The number of piperazine rings is 2. The van der Waals surface area contributed by atoms with Gasteiger partial charge in [-0.2, -0.15) is 4.39 Å². The van der Waals surface area contributed by atoms with Crippen LogP contribution in [-0.2, 0) is 22.6 Å². The van der Waals surface area contributed by atoms with Crippen LogP contribution in [0.5, 0.6) is 0 Å². The molecule has 2 N–H and O–H groups in total. The molecule has 15 nitrogen and oxygen atoms in total. The number of hydrogen-bond acceptors (Lipinski definition) is 10. The van der Waals surface area contributed by atoms with Crippen LogP contribution < -0.4 is 10.6 Å². The van der Waals surface area contributed by atoms with Crippen molar-refractivity contribution in [3.05, 3.63) is 106 Å². The van der Waals surface area contributed by atoms with E-state index >= 15 is 0 Å². The number of pyridine rings is 1. The Bertz CT molecular complexity index is 1860. The largest absolute Gasteiger partial charge is 0.444 e. The van der Waals surface area contributed by atoms with Crippen molar-refractivity contribution in [2.75, 3.05) is 63.0 Å². The van der Waals surface area contributed by atoms with Crippen molar-refractivity contribution in [1.82, 2.24) is 24.6 Å². The van der Waals surface area contributed by atoms with Crippen molar-refractivity contribution < 1.29 is 40.5 Å². The first kappa shape index (κ1) is 45.0. The average molecular weight is 815 g/mol. The highest BCUT2D eigenvalue weighted by Crippen LogP contribution is 2.22. The summed E-state index contributed by atoms with van der Waals surface area (Å²) >= 11 is 0. The highest BCUT2D eigenvalue weighted by Gasteiger charge is 2.27. The molecular weight excluding hydrogens is 754 g/mol. The van der Waals surface area contributed by atoms with E-state index < -0.39 is 39.5 Å². The van der Waals surface area contributed by atoms with Gasteiger partial charge in [0.15, 0.2) is 0 Å². The van der Waals surface area contributed by atoms with Crippen LogP contribution in [0.25, 0.3) is 0 Å². The van der Waals surface area contributed by atoms with Crippen molar-refractivity contribution in [2.45, 2.75) is 72.8 Å². The van der Waals surface area contributed by atoms with E-state index in [4.69, 9.17) is 12.4 Å². The maximum atomic E-state index is 14.2. The molecule has 0 unspecified atom stereocenters. The third-order valence-electron chi connectivity index (χ3n) is 8.52. The zero-order valence-electron chi connectivity index (χ0n) is 36.5. The Balaban J connectivity index is 0.000000395. The predicted octanol–water partition coefficient (Wildman–Crippen LogP) is 8.06. The number of halogens is 2. The lowest BCUT2D eigenvalue weighted by atomic mass is 10.1. The molecule has 0 spiro atoms. The van der Waals surface area contributed by atoms with Gasteiger partial charge >= 0.3 is 23.9 Å². The van der Waals surface area contributed by atoms with Crippen LogP contribution in [0.4, 0.5) is 40.2 Å². The summed E-state index contributed by atoms with van der Waals surface area (Å²) in [6.45, 7) is 24.7. The summed E-state index contributed by atoms with van der Waals surface area (Å²) in [7, 11) is 0. The summed E-state index contributed by atoms with van der Waals surface area (Å²) in [6.07, 6.45) is 0.901. The second-order valence-corrected chi connectivity index (χ2v) is 15.6. The first-order chi connectivity index (χ1) is 28.2. The first-order valence-electron chi connectivity index (χ1n) is 19.9. The van der Waals surface area contributed by atoms with Crippen molar-refractivity contribution in [3.63, 3.8) is 0 Å².